The number of carbonyl (C=O) groups is 1. The van der Waals surface area contributed by atoms with Gasteiger partial charge in [-0.2, -0.15) is 0 Å². The molecule has 0 aromatic heterocycles. The summed E-state index contributed by atoms with van der Waals surface area (Å²) in [6.45, 7) is 4.61. The molecule has 1 N–H and O–H groups in total. The van der Waals surface area contributed by atoms with Gasteiger partial charge in [-0.3, -0.25) is 9.69 Å². The Morgan fingerprint density at radius 3 is 2.73 bits per heavy atom. The summed E-state index contributed by atoms with van der Waals surface area (Å²) >= 11 is 0. The Morgan fingerprint density at radius 1 is 1.15 bits per heavy atom. The van der Waals surface area contributed by atoms with Gasteiger partial charge >= 0.3 is 0 Å². The summed E-state index contributed by atoms with van der Waals surface area (Å²) in [6, 6.07) is 14.3. The van der Waals surface area contributed by atoms with Crippen molar-refractivity contribution in [3.63, 3.8) is 0 Å². The van der Waals surface area contributed by atoms with E-state index >= 15 is 0 Å². The molecule has 2 aliphatic rings. The number of nitrogens with one attached hydrogen (secondary N) is 1. The van der Waals surface area contributed by atoms with E-state index in [0.717, 1.165) is 37.2 Å². The molecule has 0 saturated carbocycles. The molecule has 2 aromatic carbocycles. The fourth-order valence-electron chi connectivity index (χ4n) is 3.92. The summed E-state index contributed by atoms with van der Waals surface area (Å²) in [4.78, 5) is 15.1. The molecule has 3 atom stereocenters. The van der Waals surface area contributed by atoms with Crippen molar-refractivity contribution >= 4 is 5.91 Å². The molecule has 2 aliphatic heterocycles. The van der Waals surface area contributed by atoms with E-state index in [2.05, 4.69) is 17.1 Å². The first-order chi connectivity index (χ1) is 12.6. The van der Waals surface area contributed by atoms with Crippen LogP contribution in [0.2, 0.25) is 0 Å². The first-order valence-corrected chi connectivity index (χ1v) is 9.11. The molecule has 0 aliphatic carbocycles. The second-order valence-electron chi connectivity index (χ2n) is 7.25. The van der Waals surface area contributed by atoms with E-state index in [9.17, 15) is 9.18 Å². The van der Waals surface area contributed by atoms with Gasteiger partial charge in [0.05, 0.1) is 12.7 Å². The number of rotatable bonds is 3. The molecule has 2 aromatic rings. The van der Waals surface area contributed by atoms with Gasteiger partial charge in [0.15, 0.2) is 0 Å². The maximum Gasteiger partial charge on any atom is 0.251 e. The van der Waals surface area contributed by atoms with E-state index in [-0.39, 0.29) is 23.9 Å². The molecule has 1 amide bonds. The second kappa shape index (κ2) is 7.17. The van der Waals surface area contributed by atoms with Crippen LogP contribution in [0.15, 0.2) is 48.5 Å². The maximum absolute atomic E-state index is 13.5. The van der Waals surface area contributed by atoms with Gasteiger partial charge in [-0.05, 0) is 48.7 Å². The van der Waals surface area contributed by atoms with Crippen LogP contribution in [0.3, 0.4) is 0 Å². The Balaban J connectivity index is 1.45. The zero-order chi connectivity index (χ0) is 18.1. The average molecular weight is 354 g/mol. The lowest BCUT2D eigenvalue weighted by Crippen LogP contribution is -2.45. The number of fused-ring (bicyclic) bond motifs is 1. The molecule has 4 rings (SSSR count). The van der Waals surface area contributed by atoms with Crippen LogP contribution in [0, 0.1) is 5.82 Å². The van der Waals surface area contributed by atoms with Crippen molar-refractivity contribution in [3.05, 3.63) is 59.9 Å². The SMILES string of the molecule is C[C@H]1CN2C[C@H](NC(=O)c3cccc(-c4cccc(F)c4)c3)C[C@H]2CO1. The van der Waals surface area contributed by atoms with Crippen LogP contribution in [0.5, 0.6) is 0 Å². The van der Waals surface area contributed by atoms with Crippen LogP contribution in [0.1, 0.15) is 23.7 Å². The van der Waals surface area contributed by atoms with Gasteiger partial charge in [-0.15, -0.1) is 0 Å². The molecule has 2 saturated heterocycles. The molecule has 2 heterocycles. The van der Waals surface area contributed by atoms with Gasteiger partial charge < -0.3 is 10.1 Å². The highest BCUT2D eigenvalue weighted by Gasteiger charge is 2.36. The van der Waals surface area contributed by atoms with Crippen molar-refractivity contribution in [2.24, 2.45) is 0 Å². The Labute approximate surface area is 153 Å². The average Bonchev–Trinajstić information content (AvgIpc) is 3.03. The van der Waals surface area contributed by atoms with Crippen molar-refractivity contribution < 1.29 is 13.9 Å². The van der Waals surface area contributed by atoms with Crippen molar-refractivity contribution in [2.45, 2.75) is 31.5 Å². The van der Waals surface area contributed by atoms with Gasteiger partial charge in [0, 0.05) is 30.7 Å². The van der Waals surface area contributed by atoms with Crippen LogP contribution >= 0.6 is 0 Å². The minimum Gasteiger partial charge on any atom is -0.376 e. The molecule has 0 bridgehead atoms. The van der Waals surface area contributed by atoms with E-state index in [4.69, 9.17) is 4.74 Å². The highest BCUT2D eigenvalue weighted by atomic mass is 19.1. The quantitative estimate of drug-likeness (QED) is 0.921. The maximum atomic E-state index is 13.5. The van der Waals surface area contributed by atoms with E-state index < -0.39 is 0 Å². The van der Waals surface area contributed by atoms with E-state index in [1.807, 2.05) is 24.3 Å². The number of halogens is 1. The number of nitrogens with zero attached hydrogens (tertiary/aromatic N) is 1. The summed E-state index contributed by atoms with van der Waals surface area (Å²) in [6.07, 6.45) is 1.17. The van der Waals surface area contributed by atoms with Crippen molar-refractivity contribution in [3.8, 4) is 11.1 Å². The van der Waals surface area contributed by atoms with Crippen molar-refractivity contribution in [2.75, 3.05) is 19.7 Å². The van der Waals surface area contributed by atoms with Gasteiger partial charge in [-0.1, -0.05) is 24.3 Å². The minimum absolute atomic E-state index is 0.0814. The number of hydrogen-bond donors (Lipinski definition) is 1. The van der Waals surface area contributed by atoms with Gasteiger partial charge in [-0.25, -0.2) is 4.39 Å². The smallest absolute Gasteiger partial charge is 0.251 e. The molecule has 26 heavy (non-hydrogen) atoms. The summed E-state index contributed by atoms with van der Waals surface area (Å²) in [7, 11) is 0. The molecule has 2 fully saturated rings. The molecule has 5 heteroatoms. The number of morpholine rings is 1. The molecular formula is C21H23FN2O2. The Hall–Kier alpha value is -2.24. The van der Waals surface area contributed by atoms with Crippen molar-refractivity contribution in [1.29, 1.82) is 0 Å². The second-order valence-corrected chi connectivity index (χ2v) is 7.25. The van der Waals surface area contributed by atoms with E-state index in [1.165, 1.54) is 12.1 Å². The lowest BCUT2D eigenvalue weighted by Gasteiger charge is -2.33. The lowest BCUT2D eigenvalue weighted by molar-refractivity contribution is -0.0390. The summed E-state index contributed by atoms with van der Waals surface area (Å²) in [5.74, 6) is -0.363. The van der Waals surface area contributed by atoms with Gasteiger partial charge in [0.2, 0.25) is 0 Å². The van der Waals surface area contributed by atoms with Crippen LogP contribution in [0.4, 0.5) is 4.39 Å². The Kier molecular flexibility index (Phi) is 4.74. The molecule has 0 unspecified atom stereocenters. The number of benzene rings is 2. The summed E-state index contributed by atoms with van der Waals surface area (Å²) < 4.78 is 19.2. The minimum atomic E-state index is -0.281. The predicted molar refractivity (Wildman–Crippen MR) is 98.5 cm³/mol. The van der Waals surface area contributed by atoms with E-state index in [1.54, 1.807) is 12.1 Å². The zero-order valence-corrected chi connectivity index (χ0v) is 14.8. The van der Waals surface area contributed by atoms with Crippen molar-refractivity contribution in [1.82, 2.24) is 10.2 Å². The topological polar surface area (TPSA) is 41.6 Å². The summed E-state index contributed by atoms with van der Waals surface area (Å²) in [5.41, 5.74) is 2.20. The molecule has 4 nitrogen and oxygen atoms in total. The van der Waals surface area contributed by atoms with Gasteiger partial charge in [0.25, 0.3) is 5.91 Å². The highest BCUT2D eigenvalue weighted by molar-refractivity contribution is 5.95. The third-order valence-electron chi connectivity index (χ3n) is 5.21. The Morgan fingerprint density at radius 2 is 1.92 bits per heavy atom. The third-order valence-corrected chi connectivity index (χ3v) is 5.21. The number of carbonyl (C=O) groups excluding carboxylic acids is 1. The highest BCUT2D eigenvalue weighted by Crippen LogP contribution is 2.24. The largest absolute Gasteiger partial charge is 0.376 e. The zero-order valence-electron chi connectivity index (χ0n) is 14.8. The first kappa shape index (κ1) is 17.2. The molecule has 0 spiro atoms. The summed E-state index contributed by atoms with van der Waals surface area (Å²) in [5, 5.41) is 3.15. The number of amides is 1. The molecule has 136 valence electrons. The van der Waals surface area contributed by atoms with Crippen LogP contribution < -0.4 is 5.32 Å². The first-order valence-electron chi connectivity index (χ1n) is 9.11. The molecule has 0 radical (unpaired) electrons. The van der Waals surface area contributed by atoms with Crippen LogP contribution in [-0.2, 0) is 4.74 Å². The predicted octanol–water partition coefficient (Wildman–Crippen LogP) is 3.08. The number of hydrogen-bond acceptors (Lipinski definition) is 3. The lowest BCUT2D eigenvalue weighted by atomic mass is 10.0. The van der Waals surface area contributed by atoms with Crippen LogP contribution in [0.25, 0.3) is 11.1 Å². The fraction of sp³-hybridized carbons (Fsp3) is 0.381. The monoisotopic (exact) mass is 354 g/mol. The Bertz CT molecular complexity index is 810. The van der Waals surface area contributed by atoms with Gasteiger partial charge in [0.1, 0.15) is 5.82 Å². The standard InChI is InChI=1S/C21H23FN2O2/c1-14-11-24-12-19(10-20(24)13-26-14)23-21(25)17-6-2-4-15(8-17)16-5-3-7-18(22)9-16/h2-9,14,19-20H,10-13H2,1H3,(H,23,25)/t14-,19+,20-/m0/s1. The molecular weight excluding hydrogens is 331 g/mol. The fourth-order valence-corrected chi connectivity index (χ4v) is 3.92. The van der Waals surface area contributed by atoms with E-state index in [0.29, 0.717) is 11.6 Å². The normalized spacial score (nSPS) is 25.7. The third kappa shape index (κ3) is 3.64. The van der Waals surface area contributed by atoms with Crippen LogP contribution in [-0.4, -0.2) is 48.7 Å². The number of ether oxygens (including phenoxy) is 1.